The molecule has 5 rings (SSSR count). The Balaban J connectivity index is 1.99. The number of nitriles is 1. The highest BCUT2D eigenvalue weighted by atomic mass is 16.5. The molecule has 0 amide bonds. The predicted octanol–water partition coefficient (Wildman–Crippen LogP) is 5.07. The van der Waals surface area contributed by atoms with Crippen molar-refractivity contribution in [1.29, 1.82) is 5.26 Å². The van der Waals surface area contributed by atoms with E-state index in [9.17, 15) is 5.26 Å². The van der Waals surface area contributed by atoms with Crippen LogP contribution < -0.4 is 9.47 Å². The maximum atomic E-state index is 10.2. The summed E-state index contributed by atoms with van der Waals surface area (Å²) in [5.74, 6) is 1.90. The molecule has 0 aliphatic heterocycles. The first-order valence-electron chi connectivity index (χ1n) is 9.84. The third-order valence-corrected chi connectivity index (χ3v) is 5.61. The van der Waals surface area contributed by atoms with Crippen LogP contribution in [0.15, 0.2) is 67.0 Å². The monoisotopic (exact) mass is 408 g/mol. The van der Waals surface area contributed by atoms with Crippen LogP contribution in [-0.2, 0) is 7.05 Å². The average Bonchev–Trinajstić information content (AvgIpc) is 3.32. The zero-order valence-electron chi connectivity index (χ0n) is 17.5. The van der Waals surface area contributed by atoms with Crippen LogP contribution in [0.3, 0.4) is 0 Å². The molecule has 0 N–H and O–H groups in total. The summed E-state index contributed by atoms with van der Waals surface area (Å²) in [6, 6.07) is 20.1. The molecule has 152 valence electrons. The van der Waals surface area contributed by atoms with Gasteiger partial charge in [0.15, 0.2) is 11.5 Å². The van der Waals surface area contributed by atoms with Crippen LogP contribution >= 0.6 is 0 Å². The molecule has 0 bridgehead atoms. The van der Waals surface area contributed by atoms with Crippen molar-refractivity contribution in [3.63, 3.8) is 0 Å². The Kier molecular flexibility index (Phi) is 4.37. The number of fused-ring (bicyclic) bond motifs is 2. The number of methoxy groups -OCH3 is 2. The summed E-state index contributed by atoms with van der Waals surface area (Å²) in [5.41, 5.74) is 4.25. The van der Waals surface area contributed by atoms with Gasteiger partial charge in [-0.3, -0.25) is 4.57 Å². The standard InChI is InChI=1S/C25H20N4O2/c1-28-15-19(16-8-4-5-9-20(16)28)25-18(14-26)17-12-22(30-2)23(31-3)13-21(17)29(25)24-10-6-7-11-27-24/h4-13,15H,1-3H3. The summed E-state index contributed by atoms with van der Waals surface area (Å²) in [5, 5.41) is 12.1. The highest BCUT2D eigenvalue weighted by Gasteiger charge is 2.25. The van der Waals surface area contributed by atoms with E-state index >= 15 is 0 Å². The number of aromatic nitrogens is 3. The Morgan fingerprint density at radius 2 is 1.65 bits per heavy atom. The smallest absolute Gasteiger partial charge is 0.162 e. The van der Waals surface area contributed by atoms with Gasteiger partial charge in [-0.05, 0) is 24.3 Å². The predicted molar refractivity (Wildman–Crippen MR) is 121 cm³/mol. The van der Waals surface area contributed by atoms with E-state index in [0.717, 1.165) is 38.9 Å². The Bertz CT molecular complexity index is 1470. The fraction of sp³-hybridized carbons (Fsp3) is 0.120. The van der Waals surface area contributed by atoms with Crippen LogP contribution in [0, 0.1) is 11.3 Å². The number of para-hydroxylation sites is 1. The Morgan fingerprint density at radius 3 is 2.35 bits per heavy atom. The van der Waals surface area contributed by atoms with E-state index in [1.807, 2.05) is 54.1 Å². The van der Waals surface area contributed by atoms with E-state index in [1.54, 1.807) is 20.4 Å². The van der Waals surface area contributed by atoms with Crippen molar-refractivity contribution in [2.75, 3.05) is 14.2 Å². The van der Waals surface area contributed by atoms with E-state index in [4.69, 9.17) is 9.47 Å². The lowest BCUT2D eigenvalue weighted by Crippen LogP contribution is -2.00. The fourth-order valence-corrected chi connectivity index (χ4v) is 4.24. The normalized spacial score (nSPS) is 11.0. The molecular weight excluding hydrogens is 388 g/mol. The van der Waals surface area contributed by atoms with E-state index in [-0.39, 0.29) is 0 Å². The average molecular weight is 408 g/mol. The second-order valence-corrected chi connectivity index (χ2v) is 7.25. The Hall–Kier alpha value is -4.24. The van der Waals surface area contributed by atoms with Gasteiger partial charge in [-0.25, -0.2) is 4.98 Å². The molecule has 0 atom stereocenters. The number of ether oxygens (including phenoxy) is 2. The van der Waals surface area contributed by atoms with Crippen LogP contribution in [0.2, 0.25) is 0 Å². The first-order valence-corrected chi connectivity index (χ1v) is 9.84. The molecule has 5 aromatic rings. The second-order valence-electron chi connectivity index (χ2n) is 7.25. The fourth-order valence-electron chi connectivity index (χ4n) is 4.24. The molecule has 0 aliphatic carbocycles. The van der Waals surface area contributed by atoms with Gasteiger partial charge in [-0.2, -0.15) is 5.26 Å². The zero-order chi connectivity index (χ0) is 21.5. The van der Waals surface area contributed by atoms with Crippen molar-refractivity contribution in [2.45, 2.75) is 0 Å². The van der Waals surface area contributed by atoms with Gasteiger partial charge < -0.3 is 14.0 Å². The quantitative estimate of drug-likeness (QED) is 0.416. The van der Waals surface area contributed by atoms with Crippen molar-refractivity contribution >= 4 is 21.8 Å². The lowest BCUT2D eigenvalue weighted by molar-refractivity contribution is 0.356. The molecule has 6 heteroatoms. The van der Waals surface area contributed by atoms with Gasteiger partial charge in [0, 0.05) is 47.4 Å². The largest absolute Gasteiger partial charge is 0.493 e. The number of pyridine rings is 1. The van der Waals surface area contributed by atoms with Crippen LogP contribution in [-0.4, -0.2) is 28.3 Å². The molecule has 0 spiro atoms. The minimum Gasteiger partial charge on any atom is -0.493 e. The van der Waals surface area contributed by atoms with Gasteiger partial charge in [0.05, 0.1) is 31.0 Å². The summed E-state index contributed by atoms with van der Waals surface area (Å²) >= 11 is 0. The maximum Gasteiger partial charge on any atom is 0.162 e. The molecule has 0 fully saturated rings. The van der Waals surface area contributed by atoms with E-state index in [0.29, 0.717) is 17.1 Å². The van der Waals surface area contributed by atoms with Crippen LogP contribution in [0.5, 0.6) is 11.5 Å². The van der Waals surface area contributed by atoms with Crippen molar-refractivity contribution in [3.8, 4) is 34.6 Å². The van der Waals surface area contributed by atoms with E-state index in [1.165, 1.54) is 0 Å². The number of nitrogens with zero attached hydrogens (tertiary/aromatic N) is 4. The number of rotatable bonds is 4. The number of hydrogen-bond acceptors (Lipinski definition) is 4. The molecular formula is C25H20N4O2. The van der Waals surface area contributed by atoms with Crippen LogP contribution in [0.4, 0.5) is 0 Å². The molecule has 6 nitrogen and oxygen atoms in total. The van der Waals surface area contributed by atoms with Crippen molar-refractivity contribution < 1.29 is 9.47 Å². The third kappa shape index (κ3) is 2.75. The molecule has 3 heterocycles. The molecule has 0 saturated heterocycles. The number of hydrogen-bond donors (Lipinski definition) is 0. The van der Waals surface area contributed by atoms with E-state index < -0.39 is 0 Å². The summed E-state index contributed by atoms with van der Waals surface area (Å²) in [6.45, 7) is 0. The van der Waals surface area contributed by atoms with Crippen LogP contribution in [0.25, 0.3) is 38.9 Å². The first kappa shape index (κ1) is 18.8. The van der Waals surface area contributed by atoms with Crippen molar-refractivity contribution in [3.05, 3.63) is 72.6 Å². The second kappa shape index (κ2) is 7.22. The summed E-state index contributed by atoms with van der Waals surface area (Å²) < 4.78 is 15.2. The summed E-state index contributed by atoms with van der Waals surface area (Å²) in [4.78, 5) is 4.59. The van der Waals surface area contributed by atoms with E-state index in [2.05, 4.69) is 33.9 Å². The summed E-state index contributed by atoms with van der Waals surface area (Å²) in [7, 11) is 5.21. The minimum absolute atomic E-state index is 0.568. The summed E-state index contributed by atoms with van der Waals surface area (Å²) in [6.07, 6.45) is 3.81. The molecule has 2 aromatic carbocycles. The Labute approximate surface area is 179 Å². The number of benzene rings is 2. The SMILES string of the molecule is COc1cc2c(C#N)c(-c3cn(C)c4ccccc34)n(-c3ccccn3)c2cc1OC. The highest BCUT2D eigenvalue weighted by molar-refractivity contribution is 6.04. The van der Waals surface area contributed by atoms with Crippen LogP contribution in [0.1, 0.15) is 5.56 Å². The maximum absolute atomic E-state index is 10.2. The van der Waals surface area contributed by atoms with Crippen molar-refractivity contribution in [1.82, 2.24) is 14.1 Å². The van der Waals surface area contributed by atoms with Gasteiger partial charge in [-0.15, -0.1) is 0 Å². The molecule has 0 unspecified atom stereocenters. The molecule has 0 radical (unpaired) electrons. The van der Waals surface area contributed by atoms with Gasteiger partial charge in [0.25, 0.3) is 0 Å². The lowest BCUT2D eigenvalue weighted by Gasteiger charge is -2.11. The van der Waals surface area contributed by atoms with Crippen molar-refractivity contribution in [2.24, 2.45) is 7.05 Å². The third-order valence-electron chi connectivity index (χ3n) is 5.61. The minimum atomic E-state index is 0.568. The molecule has 0 aliphatic rings. The molecule has 0 saturated carbocycles. The zero-order valence-corrected chi connectivity index (χ0v) is 17.5. The Morgan fingerprint density at radius 1 is 0.903 bits per heavy atom. The first-order chi connectivity index (χ1) is 15.2. The van der Waals surface area contributed by atoms with Gasteiger partial charge in [-0.1, -0.05) is 24.3 Å². The highest BCUT2D eigenvalue weighted by Crippen LogP contribution is 2.43. The topological polar surface area (TPSA) is 65.0 Å². The molecule has 31 heavy (non-hydrogen) atoms. The lowest BCUT2D eigenvalue weighted by atomic mass is 10.0. The number of aryl methyl sites for hydroxylation is 1. The molecule has 3 aromatic heterocycles. The van der Waals surface area contributed by atoms with Gasteiger partial charge >= 0.3 is 0 Å². The van der Waals surface area contributed by atoms with Gasteiger partial charge in [0.2, 0.25) is 0 Å². The van der Waals surface area contributed by atoms with Gasteiger partial charge in [0.1, 0.15) is 11.9 Å².